The van der Waals surface area contributed by atoms with Crippen molar-refractivity contribution in [3.63, 3.8) is 0 Å². The van der Waals surface area contributed by atoms with Crippen LogP contribution in [0.5, 0.6) is 0 Å². The first-order valence-corrected chi connectivity index (χ1v) is 9.13. The van der Waals surface area contributed by atoms with Crippen molar-refractivity contribution in [2.75, 3.05) is 20.6 Å². The molecule has 0 atom stereocenters. The van der Waals surface area contributed by atoms with Crippen LogP contribution in [0.1, 0.15) is 50.3 Å². The second kappa shape index (κ2) is 5.35. The van der Waals surface area contributed by atoms with Crippen LogP contribution in [0, 0.1) is 0 Å². The molecule has 2 N–H and O–H groups in total. The first-order chi connectivity index (χ1) is 11.1. The number of benzene rings is 1. The molecule has 3 heteroatoms. The summed E-state index contributed by atoms with van der Waals surface area (Å²) in [5.74, 6) is 0. The molecule has 1 aliphatic heterocycles. The number of H-pyrrole nitrogens is 1. The van der Waals surface area contributed by atoms with Gasteiger partial charge in [0.2, 0.25) is 0 Å². The van der Waals surface area contributed by atoms with Gasteiger partial charge in [-0.3, -0.25) is 0 Å². The summed E-state index contributed by atoms with van der Waals surface area (Å²) in [6.07, 6.45) is 7.41. The van der Waals surface area contributed by atoms with Crippen LogP contribution in [0.2, 0.25) is 0 Å². The van der Waals surface area contributed by atoms with E-state index >= 15 is 0 Å². The van der Waals surface area contributed by atoms with Crippen molar-refractivity contribution in [2.45, 2.75) is 56.5 Å². The van der Waals surface area contributed by atoms with E-state index in [0.717, 1.165) is 13.0 Å². The number of aromatic nitrogens is 1. The van der Waals surface area contributed by atoms with Gasteiger partial charge in [-0.1, -0.05) is 25.1 Å². The van der Waals surface area contributed by atoms with E-state index in [1.165, 1.54) is 48.7 Å². The number of hydrogen-bond donors (Lipinski definition) is 2. The van der Waals surface area contributed by atoms with Gasteiger partial charge in [0.15, 0.2) is 0 Å². The van der Waals surface area contributed by atoms with Gasteiger partial charge in [0, 0.05) is 28.7 Å². The molecule has 0 unspecified atom stereocenters. The summed E-state index contributed by atoms with van der Waals surface area (Å²) in [6, 6.07) is 8.81. The predicted octanol–water partition coefficient (Wildman–Crippen LogP) is 3.79. The lowest BCUT2D eigenvalue weighted by molar-refractivity contribution is 0.0490. The monoisotopic (exact) mass is 311 g/mol. The van der Waals surface area contributed by atoms with Crippen molar-refractivity contribution in [1.29, 1.82) is 0 Å². The van der Waals surface area contributed by atoms with Crippen LogP contribution < -0.4 is 5.32 Å². The Labute approximate surface area is 139 Å². The Morgan fingerprint density at radius 3 is 2.52 bits per heavy atom. The van der Waals surface area contributed by atoms with Gasteiger partial charge >= 0.3 is 0 Å². The largest absolute Gasteiger partial charge is 0.357 e. The Bertz CT molecular complexity index is 705. The van der Waals surface area contributed by atoms with E-state index in [1.807, 2.05) is 0 Å². The molecule has 1 aromatic carbocycles. The van der Waals surface area contributed by atoms with E-state index in [1.54, 1.807) is 5.56 Å². The molecule has 2 heterocycles. The first kappa shape index (κ1) is 15.2. The van der Waals surface area contributed by atoms with Crippen LogP contribution in [0.15, 0.2) is 24.3 Å². The van der Waals surface area contributed by atoms with E-state index in [-0.39, 0.29) is 5.54 Å². The van der Waals surface area contributed by atoms with Crippen LogP contribution >= 0.6 is 0 Å². The number of para-hydroxylation sites is 1. The second-order valence-electron chi connectivity index (χ2n) is 7.76. The molecular formula is C20H29N3. The Morgan fingerprint density at radius 1 is 1.09 bits per heavy atom. The molecular weight excluding hydrogens is 282 g/mol. The second-order valence-corrected chi connectivity index (χ2v) is 7.76. The van der Waals surface area contributed by atoms with Crippen LogP contribution in [0.3, 0.4) is 0 Å². The van der Waals surface area contributed by atoms with Gasteiger partial charge in [0.1, 0.15) is 0 Å². The molecule has 1 saturated carbocycles. The zero-order valence-electron chi connectivity index (χ0n) is 14.7. The molecule has 0 bridgehead atoms. The van der Waals surface area contributed by atoms with Gasteiger partial charge in [0.05, 0.1) is 5.54 Å². The van der Waals surface area contributed by atoms with E-state index in [4.69, 9.17) is 0 Å². The topological polar surface area (TPSA) is 31.1 Å². The number of nitrogens with zero attached hydrogens (tertiary/aromatic N) is 1. The molecule has 23 heavy (non-hydrogen) atoms. The lowest BCUT2D eigenvalue weighted by Gasteiger charge is -2.51. The summed E-state index contributed by atoms with van der Waals surface area (Å²) < 4.78 is 0. The molecule has 0 radical (unpaired) electrons. The molecule has 1 aromatic heterocycles. The summed E-state index contributed by atoms with van der Waals surface area (Å²) in [5, 5.41) is 5.34. The molecule has 1 fully saturated rings. The minimum atomic E-state index is 0.168. The van der Waals surface area contributed by atoms with Gasteiger partial charge in [-0.15, -0.1) is 0 Å². The fraction of sp³-hybridized carbons (Fsp3) is 0.600. The minimum absolute atomic E-state index is 0.168. The van der Waals surface area contributed by atoms with Gasteiger partial charge in [-0.25, -0.2) is 0 Å². The highest BCUT2D eigenvalue weighted by molar-refractivity contribution is 5.85. The maximum absolute atomic E-state index is 3.90. The van der Waals surface area contributed by atoms with E-state index in [9.17, 15) is 0 Å². The number of nitrogens with one attached hydrogen (secondary N) is 2. The van der Waals surface area contributed by atoms with Crippen molar-refractivity contribution in [2.24, 2.45) is 0 Å². The number of hydrogen-bond acceptors (Lipinski definition) is 2. The van der Waals surface area contributed by atoms with Crippen LogP contribution in [-0.2, 0) is 12.0 Å². The lowest BCUT2D eigenvalue weighted by Crippen LogP contribution is -2.56. The fourth-order valence-electron chi connectivity index (χ4n) is 5.07. The maximum atomic E-state index is 3.90. The van der Waals surface area contributed by atoms with Crippen LogP contribution in [0.4, 0.5) is 0 Å². The van der Waals surface area contributed by atoms with Crippen molar-refractivity contribution in [1.82, 2.24) is 15.2 Å². The zero-order valence-corrected chi connectivity index (χ0v) is 14.7. The standard InChI is InChI=1S/C20H29N3/c1-4-19(23(2)3)10-12-20(13-11-19)18-16(9-14-21-20)15-7-5-6-8-17(15)22-18/h5-8,21-22H,4,9-14H2,1-3H3. The third-order valence-electron chi connectivity index (χ3n) is 6.77. The summed E-state index contributed by atoms with van der Waals surface area (Å²) in [6.45, 7) is 3.45. The lowest BCUT2D eigenvalue weighted by atomic mass is 9.67. The zero-order chi connectivity index (χ0) is 16.1. The van der Waals surface area contributed by atoms with E-state index in [0.29, 0.717) is 5.54 Å². The SMILES string of the molecule is CCC1(N(C)C)CCC2(CC1)NCCc1c2[nH]c2ccccc12. The van der Waals surface area contributed by atoms with Gasteiger partial charge < -0.3 is 15.2 Å². The molecule has 1 aliphatic carbocycles. The Morgan fingerprint density at radius 2 is 1.83 bits per heavy atom. The Balaban J connectivity index is 1.73. The van der Waals surface area contributed by atoms with Crippen molar-refractivity contribution >= 4 is 10.9 Å². The molecule has 2 aliphatic rings. The quantitative estimate of drug-likeness (QED) is 0.884. The average Bonchev–Trinajstić information content (AvgIpc) is 2.96. The van der Waals surface area contributed by atoms with E-state index < -0.39 is 0 Å². The smallest absolute Gasteiger partial charge is 0.0591 e. The molecule has 0 saturated heterocycles. The van der Waals surface area contributed by atoms with Gasteiger partial charge in [-0.05, 0) is 64.3 Å². The normalized spacial score (nSPS) is 31.0. The Kier molecular flexibility index (Phi) is 3.54. The number of rotatable bonds is 2. The predicted molar refractivity (Wildman–Crippen MR) is 96.9 cm³/mol. The summed E-state index contributed by atoms with van der Waals surface area (Å²) in [5.41, 5.74) is 4.90. The summed E-state index contributed by atoms with van der Waals surface area (Å²) in [4.78, 5) is 6.24. The third-order valence-corrected chi connectivity index (χ3v) is 6.77. The van der Waals surface area contributed by atoms with Gasteiger partial charge in [0.25, 0.3) is 0 Å². The average molecular weight is 311 g/mol. The highest BCUT2D eigenvalue weighted by atomic mass is 15.2. The fourth-order valence-corrected chi connectivity index (χ4v) is 5.07. The minimum Gasteiger partial charge on any atom is -0.357 e. The first-order valence-electron chi connectivity index (χ1n) is 9.13. The Hall–Kier alpha value is -1.32. The van der Waals surface area contributed by atoms with E-state index in [2.05, 4.69) is 60.5 Å². The van der Waals surface area contributed by atoms with Crippen molar-refractivity contribution < 1.29 is 0 Å². The van der Waals surface area contributed by atoms with Crippen LogP contribution in [-0.4, -0.2) is 36.1 Å². The molecule has 2 aromatic rings. The molecule has 3 nitrogen and oxygen atoms in total. The molecule has 1 spiro atoms. The number of aromatic amines is 1. The molecule has 124 valence electrons. The molecule has 4 rings (SSSR count). The van der Waals surface area contributed by atoms with Crippen LogP contribution in [0.25, 0.3) is 10.9 Å². The third kappa shape index (κ3) is 2.17. The highest BCUT2D eigenvalue weighted by Crippen LogP contribution is 2.47. The summed E-state index contributed by atoms with van der Waals surface area (Å²) >= 11 is 0. The van der Waals surface area contributed by atoms with Crippen molar-refractivity contribution in [3.8, 4) is 0 Å². The summed E-state index contributed by atoms with van der Waals surface area (Å²) in [7, 11) is 4.51. The highest BCUT2D eigenvalue weighted by Gasteiger charge is 2.46. The van der Waals surface area contributed by atoms with Crippen molar-refractivity contribution in [3.05, 3.63) is 35.5 Å². The molecule has 0 amide bonds. The maximum Gasteiger partial charge on any atom is 0.0591 e. The number of fused-ring (bicyclic) bond motifs is 4. The van der Waals surface area contributed by atoms with Gasteiger partial charge in [-0.2, -0.15) is 0 Å².